The molecule has 1 nitrogen and oxygen atoms in total. The predicted molar refractivity (Wildman–Crippen MR) is 51.9 cm³/mol. The first-order chi connectivity index (χ1) is 5.90. The van der Waals surface area contributed by atoms with Crippen LogP contribution in [0.4, 0.5) is 0 Å². The molecule has 0 aromatic carbocycles. The van der Waals surface area contributed by atoms with Gasteiger partial charge in [-0.15, -0.1) is 0 Å². The second-order valence-electron chi connectivity index (χ2n) is 4.18. The number of rotatable bonds is 1. The van der Waals surface area contributed by atoms with Gasteiger partial charge in [0.2, 0.25) is 0 Å². The van der Waals surface area contributed by atoms with Crippen LogP contribution in [0.5, 0.6) is 0 Å². The largest absolute Gasteiger partial charge is 0.388 e. The summed E-state index contributed by atoms with van der Waals surface area (Å²) in [5, 5.41) is 3.56. The molecule has 0 saturated heterocycles. The Morgan fingerprint density at radius 3 is 3.08 bits per heavy atom. The monoisotopic (exact) mass is 165 g/mol. The first kappa shape index (κ1) is 8.15. The van der Waals surface area contributed by atoms with Crippen molar-refractivity contribution in [3.8, 4) is 0 Å². The molecule has 2 rings (SSSR count). The lowest BCUT2D eigenvalue weighted by Crippen LogP contribution is -2.38. The summed E-state index contributed by atoms with van der Waals surface area (Å²) in [6, 6.07) is 0.814. The van der Waals surface area contributed by atoms with E-state index in [1.807, 2.05) is 0 Å². The molecule has 0 amide bonds. The number of nitrogens with one attached hydrogen (secondary N) is 1. The van der Waals surface area contributed by atoms with E-state index in [-0.39, 0.29) is 0 Å². The van der Waals surface area contributed by atoms with Crippen molar-refractivity contribution in [3.63, 3.8) is 0 Å². The Hall–Kier alpha value is -0.460. The Morgan fingerprint density at radius 1 is 1.42 bits per heavy atom. The van der Waals surface area contributed by atoms with Crippen molar-refractivity contribution in [2.75, 3.05) is 0 Å². The van der Waals surface area contributed by atoms with Gasteiger partial charge in [-0.25, -0.2) is 0 Å². The van der Waals surface area contributed by atoms with Gasteiger partial charge >= 0.3 is 0 Å². The van der Waals surface area contributed by atoms with Gasteiger partial charge in [-0.2, -0.15) is 0 Å². The van der Waals surface area contributed by atoms with E-state index in [4.69, 9.17) is 0 Å². The van der Waals surface area contributed by atoms with Crippen LogP contribution in [-0.4, -0.2) is 6.04 Å². The third kappa shape index (κ3) is 1.50. The second-order valence-corrected chi connectivity index (χ2v) is 4.18. The van der Waals surface area contributed by atoms with E-state index in [0.29, 0.717) is 0 Å². The molecule has 1 heterocycles. The van der Waals surface area contributed by atoms with Gasteiger partial charge in [-0.1, -0.05) is 25.3 Å². The Kier molecular flexibility index (Phi) is 2.38. The molecule has 2 atom stereocenters. The molecular weight excluding hydrogens is 146 g/mol. The Morgan fingerprint density at radius 2 is 2.25 bits per heavy atom. The minimum atomic E-state index is 0.814. The average molecular weight is 165 g/mol. The van der Waals surface area contributed by atoms with Crippen molar-refractivity contribution in [2.45, 2.75) is 51.5 Å². The SMILES string of the molecule is CCC1=CNC2CCCCC2C1. The second kappa shape index (κ2) is 3.51. The number of hydrogen-bond donors (Lipinski definition) is 1. The van der Waals surface area contributed by atoms with Crippen molar-refractivity contribution in [1.82, 2.24) is 5.32 Å². The first-order valence-corrected chi connectivity index (χ1v) is 5.34. The van der Waals surface area contributed by atoms with Gasteiger partial charge in [0.15, 0.2) is 0 Å². The summed E-state index contributed by atoms with van der Waals surface area (Å²) >= 11 is 0. The standard InChI is InChI=1S/C11H19N/c1-2-9-7-10-5-3-4-6-11(10)12-8-9/h8,10-12H,2-7H2,1H3. The number of hydrogen-bond acceptors (Lipinski definition) is 1. The Bertz CT molecular complexity index is 183. The molecule has 1 heteroatoms. The molecule has 1 fully saturated rings. The third-order valence-electron chi connectivity index (χ3n) is 3.39. The van der Waals surface area contributed by atoms with Crippen LogP contribution in [0.1, 0.15) is 45.4 Å². The van der Waals surface area contributed by atoms with Crippen molar-refractivity contribution in [1.29, 1.82) is 0 Å². The van der Waals surface area contributed by atoms with Crippen LogP contribution in [0.15, 0.2) is 11.8 Å². The maximum atomic E-state index is 3.56. The van der Waals surface area contributed by atoms with Crippen molar-refractivity contribution in [3.05, 3.63) is 11.8 Å². The molecule has 1 saturated carbocycles. The van der Waals surface area contributed by atoms with Crippen molar-refractivity contribution in [2.24, 2.45) is 5.92 Å². The summed E-state index contributed by atoms with van der Waals surface area (Å²) < 4.78 is 0. The minimum absolute atomic E-state index is 0.814. The molecule has 1 aliphatic carbocycles. The van der Waals surface area contributed by atoms with E-state index < -0.39 is 0 Å². The van der Waals surface area contributed by atoms with Gasteiger partial charge in [-0.05, 0) is 37.8 Å². The predicted octanol–water partition coefficient (Wildman–Crippen LogP) is 2.83. The maximum absolute atomic E-state index is 3.56. The fourth-order valence-corrected chi connectivity index (χ4v) is 2.54. The average Bonchev–Trinajstić information content (AvgIpc) is 2.17. The topological polar surface area (TPSA) is 12.0 Å². The first-order valence-electron chi connectivity index (χ1n) is 5.34. The molecule has 0 spiro atoms. The van der Waals surface area contributed by atoms with E-state index in [0.717, 1.165) is 12.0 Å². The van der Waals surface area contributed by atoms with Crippen LogP contribution >= 0.6 is 0 Å². The summed E-state index contributed by atoms with van der Waals surface area (Å²) in [5.41, 5.74) is 1.62. The summed E-state index contributed by atoms with van der Waals surface area (Å²) in [6.45, 7) is 2.26. The summed E-state index contributed by atoms with van der Waals surface area (Å²) in [4.78, 5) is 0. The fraction of sp³-hybridized carbons (Fsp3) is 0.818. The highest BCUT2D eigenvalue weighted by atomic mass is 14.9. The van der Waals surface area contributed by atoms with Gasteiger partial charge < -0.3 is 5.32 Å². The lowest BCUT2D eigenvalue weighted by molar-refractivity contribution is 0.264. The van der Waals surface area contributed by atoms with Crippen molar-refractivity contribution < 1.29 is 0 Å². The van der Waals surface area contributed by atoms with Crippen LogP contribution in [0.25, 0.3) is 0 Å². The summed E-state index contributed by atoms with van der Waals surface area (Å²) in [5.74, 6) is 0.957. The zero-order valence-corrected chi connectivity index (χ0v) is 7.97. The zero-order valence-electron chi connectivity index (χ0n) is 7.97. The van der Waals surface area contributed by atoms with E-state index in [9.17, 15) is 0 Å². The smallest absolute Gasteiger partial charge is 0.0287 e. The molecular formula is C11H19N. The highest BCUT2D eigenvalue weighted by molar-refractivity contribution is 5.08. The van der Waals surface area contributed by atoms with Gasteiger partial charge in [0, 0.05) is 6.04 Å². The highest BCUT2D eigenvalue weighted by Crippen LogP contribution is 2.32. The van der Waals surface area contributed by atoms with Gasteiger partial charge in [0.05, 0.1) is 0 Å². The minimum Gasteiger partial charge on any atom is -0.388 e. The Balaban J connectivity index is 2.00. The van der Waals surface area contributed by atoms with Crippen LogP contribution in [0.3, 0.4) is 0 Å². The lowest BCUT2D eigenvalue weighted by atomic mass is 9.78. The van der Waals surface area contributed by atoms with E-state index >= 15 is 0 Å². The molecule has 0 radical (unpaired) electrons. The third-order valence-corrected chi connectivity index (χ3v) is 3.39. The van der Waals surface area contributed by atoms with Gasteiger partial charge in [-0.3, -0.25) is 0 Å². The molecule has 0 aromatic heterocycles. The molecule has 2 unspecified atom stereocenters. The lowest BCUT2D eigenvalue weighted by Gasteiger charge is -2.36. The molecule has 1 N–H and O–H groups in total. The van der Waals surface area contributed by atoms with Crippen LogP contribution < -0.4 is 5.32 Å². The maximum Gasteiger partial charge on any atom is 0.0287 e. The Labute approximate surface area is 75.2 Å². The van der Waals surface area contributed by atoms with E-state index in [1.165, 1.54) is 38.5 Å². The van der Waals surface area contributed by atoms with Crippen LogP contribution in [0, 0.1) is 5.92 Å². The molecule has 0 aromatic rings. The van der Waals surface area contributed by atoms with Crippen LogP contribution in [0.2, 0.25) is 0 Å². The van der Waals surface area contributed by atoms with Crippen molar-refractivity contribution >= 4 is 0 Å². The number of allylic oxidation sites excluding steroid dienone is 1. The normalized spacial score (nSPS) is 34.9. The summed E-state index contributed by atoms with van der Waals surface area (Å²) in [7, 11) is 0. The van der Waals surface area contributed by atoms with E-state index in [1.54, 1.807) is 5.57 Å². The zero-order chi connectivity index (χ0) is 8.39. The van der Waals surface area contributed by atoms with E-state index in [2.05, 4.69) is 18.4 Å². The van der Waals surface area contributed by atoms with Gasteiger partial charge in [0.25, 0.3) is 0 Å². The van der Waals surface area contributed by atoms with Crippen LogP contribution in [-0.2, 0) is 0 Å². The molecule has 12 heavy (non-hydrogen) atoms. The molecule has 2 aliphatic rings. The number of fused-ring (bicyclic) bond motifs is 1. The molecule has 1 aliphatic heterocycles. The highest BCUT2D eigenvalue weighted by Gasteiger charge is 2.27. The summed E-state index contributed by atoms with van der Waals surface area (Å²) in [6.07, 6.45) is 10.6. The molecule has 0 bridgehead atoms. The van der Waals surface area contributed by atoms with Gasteiger partial charge in [0.1, 0.15) is 0 Å². The fourth-order valence-electron chi connectivity index (χ4n) is 2.54. The quantitative estimate of drug-likeness (QED) is 0.630. The molecule has 68 valence electrons.